The first-order chi connectivity index (χ1) is 12.2. The summed E-state index contributed by atoms with van der Waals surface area (Å²) in [4.78, 5) is 17.4. The molecule has 1 amide bonds. The maximum atomic E-state index is 13.0. The lowest BCUT2D eigenvalue weighted by Crippen LogP contribution is -2.57. The van der Waals surface area contributed by atoms with Gasteiger partial charge in [0.2, 0.25) is 5.91 Å². The molecule has 25 heavy (non-hydrogen) atoms. The number of ether oxygens (including phenoxy) is 1. The molecule has 3 fully saturated rings. The Morgan fingerprint density at radius 1 is 1.28 bits per heavy atom. The van der Waals surface area contributed by atoms with Crippen molar-refractivity contribution >= 4 is 5.91 Å². The predicted octanol–water partition coefficient (Wildman–Crippen LogP) is 2.07. The quantitative estimate of drug-likeness (QED) is 0.910. The molecule has 1 aromatic rings. The van der Waals surface area contributed by atoms with Crippen LogP contribution in [0.3, 0.4) is 0 Å². The van der Waals surface area contributed by atoms with Gasteiger partial charge in [0.05, 0.1) is 31.0 Å². The number of hydrogen-bond acceptors (Lipinski definition) is 4. The molecule has 0 radical (unpaired) electrons. The van der Waals surface area contributed by atoms with E-state index in [-0.39, 0.29) is 6.10 Å². The molecule has 6 nitrogen and oxygen atoms in total. The van der Waals surface area contributed by atoms with Crippen LogP contribution in [0.2, 0.25) is 0 Å². The lowest BCUT2D eigenvalue weighted by molar-refractivity contribution is -0.150. The molecule has 0 aromatic carbocycles. The summed E-state index contributed by atoms with van der Waals surface area (Å²) in [6, 6.07) is 2.45. The van der Waals surface area contributed by atoms with E-state index in [9.17, 15) is 4.79 Å². The largest absolute Gasteiger partial charge is 0.374 e. The first-order valence-electron chi connectivity index (χ1n) is 9.86. The van der Waals surface area contributed by atoms with Gasteiger partial charge in [0.25, 0.3) is 0 Å². The highest BCUT2D eigenvalue weighted by Crippen LogP contribution is 2.29. The fourth-order valence-corrected chi connectivity index (χ4v) is 4.78. The highest BCUT2D eigenvalue weighted by molar-refractivity contribution is 5.78. The Bertz CT molecular complexity index is 600. The molecule has 0 unspecified atom stereocenters. The number of aromatic nitrogens is 2. The van der Waals surface area contributed by atoms with Gasteiger partial charge in [0, 0.05) is 24.7 Å². The second-order valence-electron chi connectivity index (χ2n) is 7.90. The molecule has 3 atom stereocenters. The van der Waals surface area contributed by atoms with Crippen LogP contribution in [-0.4, -0.2) is 70.8 Å². The van der Waals surface area contributed by atoms with E-state index in [0.29, 0.717) is 31.0 Å². The fraction of sp³-hybridized carbons (Fsp3) is 0.789. The van der Waals surface area contributed by atoms with Crippen molar-refractivity contribution < 1.29 is 9.53 Å². The highest BCUT2D eigenvalue weighted by atomic mass is 16.5. The first-order valence-corrected chi connectivity index (χ1v) is 9.86. The van der Waals surface area contributed by atoms with Gasteiger partial charge in [0.1, 0.15) is 0 Å². The summed E-state index contributed by atoms with van der Waals surface area (Å²) in [6.07, 6.45) is 7.24. The van der Waals surface area contributed by atoms with Crippen LogP contribution in [0.4, 0.5) is 0 Å². The Morgan fingerprint density at radius 3 is 3.00 bits per heavy atom. The van der Waals surface area contributed by atoms with E-state index in [1.165, 1.54) is 12.8 Å². The normalized spacial score (nSPS) is 30.9. The number of nitrogens with one attached hydrogen (secondary N) is 1. The van der Waals surface area contributed by atoms with Gasteiger partial charge in [-0.1, -0.05) is 12.8 Å². The van der Waals surface area contributed by atoms with Crippen molar-refractivity contribution in [2.75, 3.05) is 32.8 Å². The highest BCUT2D eigenvalue weighted by Gasteiger charge is 2.37. The van der Waals surface area contributed by atoms with Crippen LogP contribution in [0.15, 0.2) is 6.07 Å². The molecule has 2 aliphatic heterocycles. The average molecular weight is 346 g/mol. The van der Waals surface area contributed by atoms with Crippen LogP contribution in [0.5, 0.6) is 0 Å². The molecular formula is C19H30N4O2. The molecule has 138 valence electrons. The molecule has 1 aliphatic carbocycles. The van der Waals surface area contributed by atoms with E-state index >= 15 is 0 Å². The van der Waals surface area contributed by atoms with Crippen LogP contribution < -0.4 is 0 Å². The minimum Gasteiger partial charge on any atom is -0.374 e. The number of carbonyl (C=O) groups is 1. The van der Waals surface area contributed by atoms with Crippen molar-refractivity contribution in [3.05, 3.63) is 17.5 Å². The maximum Gasteiger partial charge on any atom is 0.237 e. The van der Waals surface area contributed by atoms with Crippen LogP contribution in [0.1, 0.15) is 55.8 Å². The summed E-state index contributed by atoms with van der Waals surface area (Å²) in [5.74, 6) is 0.734. The van der Waals surface area contributed by atoms with Gasteiger partial charge >= 0.3 is 0 Å². The second-order valence-corrected chi connectivity index (χ2v) is 7.90. The number of rotatable bonds is 3. The van der Waals surface area contributed by atoms with E-state index in [1.54, 1.807) is 0 Å². The van der Waals surface area contributed by atoms with Gasteiger partial charge in [-0.3, -0.25) is 14.8 Å². The standard InChI is InChI=1S/C19H30N4O2/c1-14-11-16(21-20-14)15-5-4-8-22(12-15)13-19(24)23-9-10-25-18-7-3-2-6-17(18)23/h11,15,17-18H,2-10,12-13H2,1H3,(H,20,21)/t15-,17+,18+/m1/s1. The number of H-pyrrole nitrogens is 1. The maximum absolute atomic E-state index is 13.0. The molecule has 0 bridgehead atoms. The van der Waals surface area contributed by atoms with Crippen molar-refractivity contribution in [3.63, 3.8) is 0 Å². The number of likely N-dealkylation sites (tertiary alicyclic amines) is 1. The minimum atomic E-state index is 0.271. The van der Waals surface area contributed by atoms with Crippen molar-refractivity contribution in [3.8, 4) is 0 Å². The lowest BCUT2D eigenvalue weighted by atomic mass is 9.90. The van der Waals surface area contributed by atoms with Crippen molar-refractivity contribution in [2.24, 2.45) is 0 Å². The number of aromatic amines is 1. The van der Waals surface area contributed by atoms with Gasteiger partial charge < -0.3 is 9.64 Å². The molecule has 3 heterocycles. The van der Waals surface area contributed by atoms with Crippen molar-refractivity contribution in [2.45, 2.75) is 63.5 Å². The summed E-state index contributed by atoms with van der Waals surface area (Å²) in [6.45, 7) is 6.00. The molecule has 1 N–H and O–H groups in total. The first kappa shape index (κ1) is 17.0. The Labute approximate surface area is 149 Å². The molecule has 0 spiro atoms. The van der Waals surface area contributed by atoms with Crippen LogP contribution in [-0.2, 0) is 9.53 Å². The van der Waals surface area contributed by atoms with E-state index in [1.807, 2.05) is 6.92 Å². The summed E-state index contributed by atoms with van der Waals surface area (Å²) in [7, 11) is 0. The summed E-state index contributed by atoms with van der Waals surface area (Å²) >= 11 is 0. The van der Waals surface area contributed by atoms with Gasteiger partial charge in [0.15, 0.2) is 0 Å². The van der Waals surface area contributed by atoms with Gasteiger partial charge in [-0.25, -0.2) is 0 Å². The third kappa shape index (κ3) is 3.75. The SMILES string of the molecule is Cc1cc([C@@H]2CCCN(CC(=O)N3CCO[C@H]4CCCC[C@@H]43)C2)n[nH]1. The predicted molar refractivity (Wildman–Crippen MR) is 95.4 cm³/mol. The third-order valence-electron chi connectivity index (χ3n) is 6.06. The Morgan fingerprint density at radius 2 is 2.16 bits per heavy atom. The average Bonchev–Trinajstić information content (AvgIpc) is 3.08. The molecule has 3 aliphatic rings. The van der Waals surface area contributed by atoms with E-state index in [4.69, 9.17) is 4.74 Å². The van der Waals surface area contributed by atoms with Crippen molar-refractivity contribution in [1.29, 1.82) is 0 Å². The zero-order valence-electron chi connectivity index (χ0n) is 15.2. The van der Waals surface area contributed by atoms with E-state index in [0.717, 1.165) is 56.7 Å². The van der Waals surface area contributed by atoms with E-state index < -0.39 is 0 Å². The fourth-order valence-electron chi connectivity index (χ4n) is 4.78. The molecule has 1 aromatic heterocycles. The topological polar surface area (TPSA) is 61.5 Å². The van der Waals surface area contributed by atoms with Crippen LogP contribution >= 0.6 is 0 Å². The number of hydrogen-bond donors (Lipinski definition) is 1. The minimum absolute atomic E-state index is 0.271. The smallest absolute Gasteiger partial charge is 0.237 e. The molecule has 6 heteroatoms. The van der Waals surface area contributed by atoms with Crippen molar-refractivity contribution in [1.82, 2.24) is 20.0 Å². The zero-order chi connectivity index (χ0) is 17.2. The monoisotopic (exact) mass is 346 g/mol. The summed E-state index contributed by atoms with van der Waals surface area (Å²) in [5.41, 5.74) is 2.26. The number of piperidine rings is 1. The number of morpholine rings is 1. The van der Waals surface area contributed by atoms with Gasteiger partial charge in [-0.15, -0.1) is 0 Å². The second kappa shape index (κ2) is 7.46. The Kier molecular flexibility index (Phi) is 5.08. The van der Waals surface area contributed by atoms with Crippen LogP contribution in [0, 0.1) is 6.92 Å². The number of carbonyl (C=O) groups excluding carboxylic acids is 1. The zero-order valence-corrected chi connectivity index (χ0v) is 15.2. The lowest BCUT2D eigenvalue weighted by Gasteiger charge is -2.44. The molecular weight excluding hydrogens is 316 g/mol. The summed E-state index contributed by atoms with van der Waals surface area (Å²) < 4.78 is 5.91. The molecule has 4 rings (SSSR count). The van der Waals surface area contributed by atoms with Gasteiger partial charge in [-0.2, -0.15) is 5.10 Å². The van der Waals surface area contributed by atoms with Gasteiger partial charge in [-0.05, 0) is 45.2 Å². The molecule has 1 saturated carbocycles. The number of fused-ring (bicyclic) bond motifs is 1. The number of amides is 1. The molecule has 2 saturated heterocycles. The van der Waals surface area contributed by atoms with Crippen LogP contribution in [0.25, 0.3) is 0 Å². The number of nitrogens with zero attached hydrogens (tertiary/aromatic N) is 3. The van der Waals surface area contributed by atoms with E-state index in [2.05, 4.69) is 26.1 Å². The Hall–Kier alpha value is -1.40. The Balaban J connectivity index is 1.36. The third-order valence-corrected chi connectivity index (χ3v) is 6.06. The number of aryl methyl sites for hydroxylation is 1. The summed E-state index contributed by atoms with van der Waals surface area (Å²) in [5, 5.41) is 7.48.